The van der Waals surface area contributed by atoms with Crippen LogP contribution in [0.5, 0.6) is 0 Å². The molecule has 1 unspecified atom stereocenters. The van der Waals surface area contributed by atoms with Gasteiger partial charge in [-0.25, -0.2) is 4.98 Å². The number of fused-ring (bicyclic) bond motifs is 1. The van der Waals surface area contributed by atoms with Crippen molar-refractivity contribution < 1.29 is 0 Å². The lowest BCUT2D eigenvalue weighted by Crippen LogP contribution is -2.37. The number of imidazole rings is 1. The van der Waals surface area contributed by atoms with Crippen LogP contribution in [0.3, 0.4) is 0 Å². The molecule has 2 aliphatic rings. The third-order valence-corrected chi connectivity index (χ3v) is 4.72. The lowest BCUT2D eigenvalue weighted by molar-refractivity contribution is 0.200. The molecule has 0 aromatic carbocycles. The summed E-state index contributed by atoms with van der Waals surface area (Å²) in [6.45, 7) is 7.92. The molecule has 1 fully saturated rings. The van der Waals surface area contributed by atoms with Crippen LogP contribution in [0.4, 0.5) is 0 Å². The molecule has 1 atom stereocenters. The summed E-state index contributed by atoms with van der Waals surface area (Å²) in [6.07, 6.45) is 4.90. The van der Waals surface area contributed by atoms with Gasteiger partial charge in [-0.05, 0) is 33.2 Å². The fourth-order valence-corrected chi connectivity index (χ4v) is 3.66. The minimum atomic E-state index is 0.657. The molecule has 3 heterocycles. The van der Waals surface area contributed by atoms with E-state index in [2.05, 4.69) is 35.7 Å². The molecule has 1 N–H and O–H groups in total. The highest BCUT2D eigenvalue weighted by Gasteiger charge is 2.28. The van der Waals surface area contributed by atoms with Gasteiger partial charge in [0.1, 0.15) is 5.82 Å². The SMILES string of the molecule is CC(C)N1CCCC1Cc1nc2c(n1C)CCNC2. The fourth-order valence-electron chi connectivity index (χ4n) is 3.66. The molecule has 1 aromatic rings. The topological polar surface area (TPSA) is 33.1 Å². The number of nitrogens with one attached hydrogen (secondary N) is 1. The number of likely N-dealkylation sites (tertiary alicyclic amines) is 1. The first-order chi connectivity index (χ1) is 9.16. The third kappa shape index (κ3) is 2.43. The Morgan fingerprint density at radius 1 is 1.42 bits per heavy atom. The van der Waals surface area contributed by atoms with Gasteiger partial charge in [-0.2, -0.15) is 0 Å². The molecule has 2 aliphatic heterocycles. The van der Waals surface area contributed by atoms with Crippen LogP contribution in [-0.4, -0.2) is 39.6 Å². The third-order valence-electron chi connectivity index (χ3n) is 4.72. The first-order valence-corrected chi connectivity index (χ1v) is 7.66. The van der Waals surface area contributed by atoms with Gasteiger partial charge >= 0.3 is 0 Å². The van der Waals surface area contributed by atoms with Crippen molar-refractivity contribution in [3.63, 3.8) is 0 Å². The second kappa shape index (κ2) is 5.25. The number of hydrogen-bond acceptors (Lipinski definition) is 3. The average Bonchev–Trinajstić information content (AvgIpc) is 2.97. The first-order valence-electron chi connectivity index (χ1n) is 7.66. The smallest absolute Gasteiger partial charge is 0.110 e. The summed E-state index contributed by atoms with van der Waals surface area (Å²) < 4.78 is 2.35. The summed E-state index contributed by atoms with van der Waals surface area (Å²) in [7, 11) is 2.20. The number of rotatable bonds is 3. The van der Waals surface area contributed by atoms with E-state index in [0.717, 1.165) is 25.9 Å². The van der Waals surface area contributed by atoms with E-state index in [4.69, 9.17) is 4.98 Å². The number of nitrogens with zero attached hydrogens (tertiary/aromatic N) is 3. The lowest BCUT2D eigenvalue weighted by Gasteiger charge is -2.28. The van der Waals surface area contributed by atoms with Gasteiger partial charge in [0.25, 0.3) is 0 Å². The Labute approximate surface area is 116 Å². The van der Waals surface area contributed by atoms with Crippen molar-refractivity contribution in [2.45, 2.75) is 58.2 Å². The van der Waals surface area contributed by atoms with Crippen molar-refractivity contribution >= 4 is 0 Å². The van der Waals surface area contributed by atoms with Gasteiger partial charge in [0.15, 0.2) is 0 Å². The summed E-state index contributed by atoms with van der Waals surface area (Å²) >= 11 is 0. The Morgan fingerprint density at radius 3 is 3.00 bits per heavy atom. The maximum Gasteiger partial charge on any atom is 0.110 e. The van der Waals surface area contributed by atoms with Crippen LogP contribution in [0.1, 0.15) is 43.9 Å². The van der Waals surface area contributed by atoms with Crippen LogP contribution < -0.4 is 5.32 Å². The zero-order valence-corrected chi connectivity index (χ0v) is 12.4. The standard InChI is InChI=1S/C15H26N4/c1-11(2)19-8-4-5-12(19)9-15-17-13-10-16-7-6-14(13)18(15)3/h11-12,16H,4-10H2,1-3H3. The second-order valence-electron chi connectivity index (χ2n) is 6.24. The highest BCUT2D eigenvalue weighted by atomic mass is 15.2. The van der Waals surface area contributed by atoms with Crippen LogP contribution in [-0.2, 0) is 26.4 Å². The molecule has 0 radical (unpaired) electrons. The van der Waals surface area contributed by atoms with E-state index < -0.39 is 0 Å². The molecule has 3 rings (SSSR count). The molecular weight excluding hydrogens is 236 g/mol. The Hall–Kier alpha value is -0.870. The highest BCUT2D eigenvalue weighted by molar-refractivity contribution is 5.20. The largest absolute Gasteiger partial charge is 0.335 e. The Kier molecular flexibility index (Phi) is 3.63. The van der Waals surface area contributed by atoms with Crippen molar-refractivity contribution in [2.24, 2.45) is 7.05 Å². The molecule has 4 nitrogen and oxygen atoms in total. The molecular formula is C15H26N4. The summed E-state index contributed by atoms with van der Waals surface area (Å²) in [5.41, 5.74) is 2.72. The molecule has 0 saturated carbocycles. The minimum absolute atomic E-state index is 0.657. The van der Waals surface area contributed by atoms with E-state index >= 15 is 0 Å². The average molecular weight is 262 g/mol. The molecule has 0 spiro atoms. The Bertz CT molecular complexity index is 449. The van der Waals surface area contributed by atoms with Crippen LogP contribution in [0.25, 0.3) is 0 Å². The normalized spacial score (nSPS) is 24.1. The molecule has 1 aromatic heterocycles. The molecule has 0 aliphatic carbocycles. The summed E-state index contributed by atoms with van der Waals surface area (Å²) in [5, 5.41) is 3.42. The fraction of sp³-hybridized carbons (Fsp3) is 0.800. The molecule has 19 heavy (non-hydrogen) atoms. The quantitative estimate of drug-likeness (QED) is 0.896. The van der Waals surface area contributed by atoms with Crippen LogP contribution in [0.15, 0.2) is 0 Å². The zero-order chi connectivity index (χ0) is 13.4. The van der Waals surface area contributed by atoms with Crippen molar-refractivity contribution in [1.29, 1.82) is 0 Å². The monoisotopic (exact) mass is 262 g/mol. The van der Waals surface area contributed by atoms with Crippen LogP contribution in [0, 0.1) is 0 Å². The number of hydrogen-bond donors (Lipinski definition) is 1. The van der Waals surface area contributed by atoms with Crippen molar-refractivity contribution in [3.05, 3.63) is 17.2 Å². The van der Waals surface area contributed by atoms with E-state index in [1.165, 1.54) is 36.6 Å². The maximum atomic E-state index is 4.88. The van der Waals surface area contributed by atoms with Crippen LogP contribution >= 0.6 is 0 Å². The van der Waals surface area contributed by atoms with Gasteiger partial charge < -0.3 is 9.88 Å². The van der Waals surface area contributed by atoms with E-state index in [9.17, 15) is 0 Å². The van der Waals surface area contributed by atoms with Crippen molar-refractivity contribution in [2.75, 3.05) is 13.1 Å². The molecule has 4 heteroatoms. The van der Waals surface area contributed by atoms with Gasteiger partial charge in [-0.1, -0.05) is 0 Å². The lowest BCUT2D eigenvalue weighted by atomic mass is 10.1. The van der Waals surface area contributed by atoms with Gasteiger partial charge in [0.2, 0.25) is 0 Å². The predicted molar refractivity (Wildman–Crippen MR) is 77.2 cm³/mol. The molecule has 1 saturated heterocycles. The molecule has 0 amide bonds. The summed E-state index contributed by atoms with van der Waals surface area (Å²) in [4.78, 5) is 7.53. The summed E-state index contributed by atoms with van der Waals surface area (Å²) in [5.74, 6) is 1.28. The molecule has 106 valence electrons. The predicted octanol–water partition coefficient (Wildman–Crippen LogP) is 1.48. The van der Waals surface area contributed by atoms with Gasteiger partial charge in [0.05, 0.1) is 5.69 Å². The maximum absolute atomic E-state index is 4.88. The first kappa shape index (κ1) is 13.1. The van der Waals surface area contributed by atoms with E-state index in [0.29, 0.717) is 12.1 Å². The van der Waals surface area contributed by atoms with Gasteiger partial charge in [-0.15, -0.1) is 0 Å². The zero-order valence-electron chi connectivity index (χ0n) is 12.4. The van der Waals surface area contributed by atoms with E-state index in [1.807, 2.05) is 0 Å². The minimum Gasteiger partial charge on any atom is -0.335 e. The van der Waals surface area contributed by atoms with Gasteiger partial charge in [0, 0.05) is 50.8 Å². The van der Waals surface area contributed by atoms with E-state index in [-0.39, 0.29) is 0 Å². The highest BCUT2D eigenvalue weighted by Crippen LogP contribution is 2.24. The Balaban J connectivity index is 1.78. The summed E-state index contributed by atoms with van der Waals surface area (Å²) in [6, 6.07) is 1.35. The number of aromatic nitrogens is 2. The second-order valence-corrected chi connectivity index (χ2v) is 6.24. The molecule has 0 bridgehead atoms. The van der Waals surface area contributed by atoms with E-state index in [1.54, 1.807) is 0 Å². The van der Waals surface area contributed by atoms with Gasteiger partial charge in [-0.3, -0.25) is 4.90 Å². The van der Waals surface area contributed by atoms with Crippen LogP contribution in [0.2, 0.25) is 0 Å². The Morgan fingerprint density at radius 2 is 2.26 bits per heavy atom. The van der Waals surface area contributed by atoms with Crippen molar-refractivity contribution in [3.8, 4) is 0 Å². The van der Waals surface area contributed by atoms with Crippen molar-refractivity contribution in [1.82, 2.24) is 19.8 Å².